The minimum Gasteiger partial charge on any atom is -0.330 e. The van der Waals surface area contributed by atoms with Crippen LogP contribution in [-0.2, 0) is 11.3 Å². The summed E-state index contributed by atoms with van der Waals surface area (Å²) in [4.78, 5) is 20.2. The van der Waals surface area contributed by atoms with E-state index in [4.69, 9.17) is 5.73 Å². The highest BCUT2D eigenvalue weighted by Gasteiger charge is 2.32. The smallest absolute Gasteiger partial charge is 0.225 e. The van der Waals surface area contributed by atoms with Crippen LogP contribution in [-0.4, -0.2) is 42.0 Å². The van der Waals surface area contributed by atoms with Crippen LogP contribution in [0.25, 0.3) is 0 Å². The molecule has 1 fully saturated rings. The van der Waals surface area contributed by atoms with E-state index in [1.54, 1.807) is 23.2 Å². The van der Waals surface area contributed by atoms with Gasteiger partial charge in [-0.25, -0.2) is 4.98 Å². The maximum atomic E-state index is 11.5. The molecule has 2 heterocycles. The van der Waals surface area contributed by atoms with E-state index >= 15 is 0 Å². The number of anilines is 1. The average Bonchev–Trinajstić information content (AvgIpc) is 2.99. The van der Waals surface area contributed by atoms with Gasteiger partial charge in [-0.1, -0.05) is 6.92 Å². The second-order valence-corrected chi connectivity index (χ2v) is 6.70. The van der Waals surface area contributed by atoms with Gasteiger partial charge in [0.1, 0.15) is 0 Å². The summed E-state index contributed by atoms with van der Waals surface area (Å²) < 4.78 is 0. The van der Waals surface area contributed by atoms with Crippen LogP contribution in [0.15, 0.2) is 5.38 Å². The van der Waals surface area contributed by atoms with Crippen molar-refractivity contribution in [1.82, 2.24) is 9.88 Å². The van der Waals surface area contributed by atoms with E-state index in [1.165, 1.54) is 0 Å². The third kappa shape index (κ3) is 4.39. The summed E-state index contributed by atoms with van der Waals surface area (Å²) in [6, 6.07) is 0. The van der Waals surface area contributed by atoms with Crippen LogP contribution in [0.2, 0.25) is 0 Å². The van der Waals surface area contributed by atoms with E-state index in [2.05, 4.69) is 22.2 Å². The first kappa shape index (κ1) is 18.4. The molecule has 1 saturated heterocycles. The molecule has 5 nitrogen and oxygen atoms in total. The number of thiazole rings is 1. The van der Waals surface area contributed by atoms with Crippen LogP contribution in [0.1, 0.15) is 32.9 Å². The van der Waals surface area contributed by atoms with Gasteiger partial charge in [0.15, 0.2) is 5.13 Å². The number of hydrogen-bond donors (Lipinski definition) is 1. The summed E-state index contributed by atoms with van der Waals surface area (Å²) in [6.45, 7) is 10.1. The topological polar surface area (TPSA) is 62.5 Å². The Kier molecular flexibility index (Phi) is 6.59. The Morgan fingerprint density at radius 3 is 2.86 bits per heavy atom. The van der Waals surface area contributed by atoms with E-state index in [0.29, 0.717) is 6.54 Å². The Hall–Kier alpha value is -0.690. The average molecular weight is 333 g/mol. The number of nitrogens with two attached hydrogens (primary N) is 1. The zero-order valence-electron chi connectivity index (χ0n) is 13.0. The normalized spacial score (nSPS) is 22.1. The molecule has 0 spiro atoms. The molecule has 1 aliphatic heterocycles. The second-order valence-electron chi connectivity index (χ2n) is 5.86. The van der Waals surface area contributed by atoms with Crippen molar-refractivity contribution in [2.24, 2.45) is 11.1 Å². The number of halogens is 1. The summed E-state index contributed by atoms with van der Waals surface area (Å²) in [6.07, 6.45) is 1.15. The summed E-state index contributed by atoms with van der Waals surface area (Å²) >= 11 is 1.54. The number of hydrogen-bond acceptors (Lipinski definition) is 5. The molecule has 1 aromatic heterocycles. The molecule has 2 rings (SSSR count). The zero-order chi connectivity index (χ0) is 14.8. The van der Waals surface area contributed by atoms with Crippen molar-refractivity contribution in [3.63, 3.8) is 0 Å². The van der Waals surface area contributed by atoms with Crippen molar-refractivity contribution < 1.29 is 4.79 Å². The highest BCUT2D eigenvalue weighted by atomic mass is 35.5. The number of carbonyl (C=O) groups is 1. The third-order valence-electron chi connectivity index (χ3n) is 3.98. The van der Waals surface area contributed by atoms with Crippen LogP contribution < -0.4 is 10.6 Å². The minimum atomic E-state index is 0. The summed E-state index contributed by atoms with van der Waals surface area (Å²) in [7, 11) is 0. The lowest BCUT2D eigenvalue weighted by atomic mass is 9.90. The second kappa shape index (κ2) is 7.54. The SMILES string of the molecule is CCN(C(C)=O)c1nc(CN2CCC(C)(CN)C2)cs1.Cl. The molecule has 0 aromatic carbocycles. The zero-order valence-corrected chi connectivity index (χ0v) is 14.6. The van der Waals surface area contributed by atoms with Gasteiger partial charge in [0.2, 0.25) is 5.91 Å². The van der Waals surface area contributed by atoms with Crippen molar-refractivity contribution in [2.75, 3.05) is 31.1 Å². The third-order valence-corrected chi connectivity index (χ3v) is 4.89. The Bertz CT molecular complexity index is 481. The minimum absolute atomic E-state index is 0. The van der Waals surface area contributed by atoms with Crippen molar-refractivity contribution in [2.45, 2.75) is 33.7 Å². The van der Waals surface area contributed by atoms with Crippen LogP contribution in [0.3, 0.4) is 0 Å². The molecule has 1 aliphatic rings. The van der Waals surface area contributed by atoms with Crippen LogP contribution in [0.4, 0.5) is 5.13 Å². The fourth-order valence-electron chi connectivity index (χ4n) is 2.64. The van der Waals surface area contributed by atoms with Gasteiger partial charge in [0.05, 0.1) is 5.69 Å². The quantitative estimate of drug-likeness (QED) is 0.897. The van der Waals surface area contributed by atoms with Gasteiger partial charge >= 0.3 is 0 Å². The Balaban J connectivity index is 0.00000220. The molecule has 120 valence electrons. The fraction of sp³-hybridized carbons (Fsp3) is 0.714. The van der Waals surface area contributed by atoms with Gasteiger partial charge < -0.3 is 5.73 Å². The first-order chi connectivity index (χ1) is 9.47. The first-order valence-electron chi connectivity index (χ1n) is 7.12. The number of nitrogens with zero attached hydrogens (tertiary/aromatic N) is 3. The predicted molar refractivity (Wildman–Crippen MR) is 90.1 cm³/mol. The largest absolute Gasteiger partial charge is 0.330 e. The molecule has 1 atom stereocenters. The maximum absolute atomic E-state index is 11.5. The predicted octanol–water partition coefficient (Wildman–Crippen LogP) is 2.11. The van der Waals surface area contributed by atoms with Gasteiger partial charge in [-0.2, -0.15) is 0 Å². The molecule has 1 aromatic rings. The number of carbonyl (C=O) groups excluding carboxylic acids is 1. The first-order valence-corrected chi connectivity index (χ1v) is 8.00. The molecule has 0 bridgehead atoms. The lowest BCUT2D eigenvalue weighted by Crippen LogP contribution is -2.31. The highest BCUT2D eigenvalue weighted by Crippen LogP contribution is 2.30. The van der Waals surface area contributed by atoms with Crippen molar-refractivity contribution in [3.05, 3.63) is 11.1 Å². The summed E-state index contributed by atoms with van der Waals surface area (Å²) in [5, 5.41) is 2.86. The monoisotopic (exact) mass is 332 g/mol. The number of rotatable bonds is 5. The van der Waals surface area contributed by atoms with E-state index in [9.17, 15) is 4.79 Å². The van der Waals surface area contributed by atoms with Gasteiger partial charge in [-0.15, -0.1) is 23.7 Å². The Morgan fingerprint density at radius 2 is 2.33 bits per heavy atom. The van der Waals surface area contributed by atoms with Gasteiger partial charge in [0, 0.05) is 31.9 Å². The molecule has 0 saturated carbocycles. The summed E-state index contributed by atoms with van der Waals surface area (Å²) in [5.74, 6) is 0.0466. The summed E-state index contributed by atoms with van der Waals surface area (Å²) in [5.41, 5.74) is 7.13. The molecule has 2 N–H and O–H groups in total. The molecule has 1 amide bonds. The van der Waals surface area contributed by atoms with E-state index in [1.807, 2.05) is 6.92 Å². The van der Waals surface area contributed by atoms with E-state index in [-0.39, 0.29) is 23.7 Å². The van der Waals surface area contributed by atoms with Gasteiger partial charge in [0.25, 0.3) is 0 Å². The van der Waals surface area contributed by atoms with Crippen molar-refractivity contribution in [3.8, 4) is 0 Å². The molecule has 0 radical (unpaired) electrons. The highest BCUT2D eigenvalue weighted by molar-refractivity contribution is 7.14. The van der Waals surface area contributed by atoms with Crippen LogP contribution in [0.5, 0.6) is 0 Å². The Labute approximate surface area is 136 Å². The number of likely N-dealkylation sites (tertiary alicyclic amines) is 1. The van der Waals surface area contributed by atoms with E-state index in [0.717, 1.165) is 43.4 Å². The Morgan fingerprint density at radius 1 is 1.62 bits per heavy atom. The molecular weight excluding hydrogens is 308 g/mol. The lowest BCUT2D eigenvalue weighted by Gasteiger charge is -2.22. The van der Waals surface area contributed by atoms with Crippen molar-refractivity contribution >= 4 is 34.8 Å². The molecule has 1 unspecified atom stereocenters. The molecule has 21 heavy (non-hydrogen) atoms. The fourth-order valence-corrected chi connectivity index (χ4v) is 3.57. The number of amides is 1. The number of aromatic nitrogens is 1. The van der Waals surface area contributed by atoms with Crippen LogP contribution in [0, 0.1) is 5.41 Å². The van der Waals surface area contributed by atoms with Crippen LogP contribution >= 0.6 is 23.7 Å². The maximum Gasteiger partial charge on any atom is 0.225 e. The van der Waals surface area contributed by atoms with Gasteiger partial charge in [-0.05, 0) is 31.8 Å². The van der Waals surface area contributed by atoms with Crippen molar-refractivity contribution in [1.29, 1.82) is 0 Å². The molecule has 7 heteroatoms. The van der Waals surface area contributed by atoms with E-state index < -0.39 is 0 Å². The van der Waals surface area contributed by atoms with Gasteiger partial charge in [-0.3, -0.25) is 14.6 Å². The molecular formula is C14H25ClN4OS. The molecule has 0 aliphatic carbocycles. The lowest BCUT2D eigenvalue weighted by molar-refractivity contribution is -0.116. The standard InChI is InChI=1S/C14H24N4OS.ClH/c1-4-18(11(2)19)13-16-12(8-20-13)7-17-6-5-14(3,9-15)10-17;/h8H,4-7,9-10,15H2,1-3H3;1H.